The van der Waals surface area contributed by atoms with E-state index >= 15 is 0 Å². The summed E-state index contributed by atoms with van der Waals surface area (Å²) < 4.78 is 5.70. The number of nitrogens with one attached hydrogen (secondary N) is 1. The van der Waals surface area contributed by atoms with E-state index < -0.39 is 0 Å². The SMILES string of the molecule is CN1OCCOc2ccc(-c3ccnc(Nc4ccccc4)n3)cc21.[HH]. The van der Waals surface area contributed by atoms with Crippen LogP contribution in [0.5, 0.6) is 5.75 Å². The minimum atomic E-state index is 0. The van der Waals surface area contributed by atoms with Gasteiger partial charge in [-0.3, -0.25) is 9.90 Å². The number of ether oxygens (including phenoxy) is 1. The molecule has 1 aromatic heterocycles. The van der Waals surface area contributed by atoms with Crippen molar-refractivity contribution >= 4 is 17.3 Å². The molecule has 6 heteroatoms. The van der Waals surface area contributed by atoms with Crippen molar-refractivity contribution in [2.45, 2.75) is 0 Å². The minimum absolute atomic E-state index is 0. The number of para-hydroxylation sites is 1. The van der Waals surface area contributed by atoms with Crippen molar-refractivity contribution in [2.75, 3.05) is 30.6 Å². The maximum atomic E-state index is 5.70. The molecule has 0 saturated heterocycles. The Morgan fingerprint density at radius 1 is 1.08 bits per heavy atom. The molecule has 0 radical (unpaired) electrons. The molecule has 1 N–H and O–H groups in total. The normalized spacial score (nSPS) is 13.6. The lowest BCUT2D eigenvalue weighted by atomic mass is 10.1. The predicted molar refractivity (Wildman–Crippen MR) is 99.2 cm³/mol. The van der Waals surface area contributed by atoms with E-state index in [9.17, 15) is 0 Å². The van der Waals surface area contributed by atoms with E-state index in [1.54, 1.807) is 11.3 Å². The fourth-order valence-corrected chi connectivity index (χ4v) is 2.67. The molecule has 128 valence electrons. The molecule has 0 aliphatic carbocycles. The topological polar surface area (TPSA) is 59.5 Å². The highest BCUT2D eigenvalue weighted by molar-refractivity contribution is 5.70. The molecule has 6 nitrogen and oxygen atoms in total. The van der Waals surface area contributed by atoms with Crippen LogP contribution in [-0.4, -0.2) is 30.2 Å². The second kappa shape index (κ2) is 6.78. The molecule has 0 unspecified atom stereocenters. The van der Waals surface area contributed by atoms with E-state index in [1.807, 2.05) is 61.6 Å². The number of hydrogen-bond donors (Lipinski definition) is 1. The third-order valence-corrected chi connectivity index (χ3v) is 3.91. The van der Waals surface area contributed by atoms with Crippen LogP contribution in [-0.2, 0) is 4.84 Å². The van der Waals surface area contributed by atoms with Crippen molar-refractivity contribution in [3.05, 3.63) is 60.8 Å². The zero-order chi connectivity index (χ0) is 17.1. The molecule has 0 fully saturated rings. The van der Waals surface area contributed by atoms with Gasteiger partial charge in [0.15, 0.2) is 0 Å². The van der Waals surface area contributed by atoms with Crippen LogP contribution < -0.4 is 15.1 Å². The fraction of sp³-hybridized carbons (Fsp3) is 0.158. The predicted octanol–water partition coefficient (Wildman–Crippen LogP) is 3.89. The second-order valence-electron chi connectivity index (χ2n) is 5.62. The summed E-state index contributed by atoms with van der Waals surface area (Å²) in [7, 11) is 1.87. The average molecular weight is 336 g/mol. The molecule has 2 heterocycles. The molecule has 0 saturated carbocycles. The van der Waals surface area contributed by atoms with Crippen LogP contribution in [0.2, 0.25) is 0 Å². The van der Waals surface area contributed by atoms with Crippen molar-refractivity contribution in [3.8, 4) is 17.0 Å². The number of nitrogens with zero attached hydrogens (tertiary/aromatic N) is 3. The van der Waals surface area contributed by atoms with Crippen LogP contribution in [0.25, 0.3) is 11.3 Å². The van der Waals surface area contributed by atoms with E-state index in [0.29, 0.717) is 19.2 Å². The molecule has 4 rings (SSSR count). The largest absolute Gasteiger partial charge is 0.489 e. The lowest BCUT2D eigenvalue weighted by Gasteiger charge is -2.17. The van der Waals surface area contributed by atoms with Crippen LogP contribution in [0.3, 0.4) is 0 Å². The molecule has 3 aromatic rings. The Bertz CT molecular complexity index is 876. The van der Waals surface area contributed by atoms with Gasteiger partial charge in [0.1, 0.15) is 24.7 Å². The second-order valence-corrected chi connectivity index (χ2v) is 5.62. The van der Waals surface area contributed by atoms with Gasteiger partial charge in [-0.15, -0.1) is 0 Å². The number of aromatic nitrogens is 2. The Kier molecular flexibility index (Phi) is 4.18. The van der Waals surface area contributed by atoms with E-state index in [2.05, 4.69) is 15.3 Å². The van der Waals surface area contributed by atoms with Crippen LogP contribution in [0.15, 0.2) is 60.8 Å². The summed E-state index contributed by atoms with van der Waals surface area (Å²) in [6, 6.07) is 17.7. The van der Waals surface area contributed by atoms with Crippen molar-refractivity contribution in [2.24, 2.45) is 0 Å². The Labute approximate surface area is 147 Å². The van der Waals surface area contributed by atoms with Crippen LogP contribution in [0.4, 0.5) is 17.3 Å². The van der Waals surface area contributed by atoms with Gasteiger partial charge in [-0.25, -0.2) is 9.97 Å². The van der Waals surface area contributed by atoms with Gasteiger partial charge in [-0.2, -0.15) is 0 Å². The van der Waals surface area contributed by atoms with Crippen LogP contribution in [0.1, 0.15) is 1.43 Å². The smallest absolute Gasteiger partial charge is 0.227 e. The minimum Gasteiger partial charge on any atom is -0.489 e. The first-order valence-corrected chi connectivity index (χ1v) is 8.08. The number of fused-ring (bicyclic) bond motifs is 1. The lowest BCUT2D eigenvalue weighted by Crippen LogP contribution is -2.17. The van der Waals surface area contributed by atoms with Gasteiger partial charge in [0.2, 0.25) is 5.95 Å². The third kappa shape index (κ3) is 3.39. The number of benzene rings is 2. The van der Waals surface area contributed by atoms with Gasteiger partial charge >= 0.3 is 0 Å². The van der Waals surface area contributed by atoms with E-state index in [-0.39, 0.29) is 1.43 Å². The van der Waals surface area contributed by atoms with Crippen molar-refractivity contribution in [3.63, 3.8) is 0 Å². The maximum absolute atomic E-state index is 5.70. The quantitative estimate of drug-likeness (QED) is 0.783. The van der Waals surface area contributed by atoms with Crippen molar-refractivity contribution < 1.29 is 11.0 Å². The molecule has 1 aliphatic heterocycles. The highest BCUT2D eigenvalue weighted by atomic mass is 16.7. The highest BCUT2D eigenvalue weighted by Crippen LogP contribution is 2.34. The van der Waals surface area contributed by atoms with Crippen molar-refractivity contribution in [1.29, 1.82) is 0 Å². The van der Waals surface area contributed by atoms with Crippen LogP contribution >= 0.6 is 0 Å². The molecule has 0 amide bonds. The standard InChI is InChI=1S/C19H18N4O2.H2/c1-23-17-13-14(7-8-18(17)24-11-12-25-23)16-9-10-20-19(22-16)21-15-5-3-2-4-6-15;/h2-10,13H,11-12H2,1H3,(H,20,21,22);1H. The number of hydrogen-bond acceptors (Lipinski definition) is 6. The van der Waals surface area contributed by atoms with Gasteiger partial charge in [0, 0.05) is 25.9 Å². The first-order chi connectivity index (χ1) is 12.3. The first kappa shape index (κ1) is 15.4. The summed E-state index contributed by atoms with van der Waals surface area (Å²) in [4.78, 5) is 14.5. The monoisotopic (exact) mass is 336 g/mol. The maximum Gasteiger partial charge on any atom is 0.227 e. The number of rotatable bonds is 3. The van der Waals surface area contributed by atoms with E-state index in [0.717, 1.165) is 28.4 Å². The molecule has 0 spiro atoms. The summed E-state index contributed by atoms with van der Waals surface area (Å²) in [5, 5.41) is 4.95. The molecule has 0 atom stereocenters. The summed E-state index contributed by atoms with van der Waals surface area (Å²) in [6.07, 6.45) is 1.75. The van der Waals surface area contributed by atoms with Gasteiger partial charge < -0.3 is 10.1 Å². The Morgan fingerprint density at radius 3 is 2.84 bits per heavy atom. The van der Waals surface area contributed by atoms with Gasteiger partial charge in [0.05, 0.1) is 5.69 Å². The Balaban J connectivity index is 0.00000196. The first-order valence-electron chi connectivity index (χ1n) is 8.08. The summed E-state index contributed by atoms with van der Waals surface area (Å²) in [5.41, 5.74) is 3.63. The number of anilines is 3. The molecule has 0 bridgehead atoms. The lowest BCUT2D eigenvalue weighted by molar-refractivity contribution is 0.105. The zero-order valence-corrected chi connectivity index (χ0v) is 13.8. The molecular formula is C19H20N4O2. The van der Waals surface area contributed by atoms with Gasteiger partial charge in [-0.05, 0) is 36.4 Å². The Hall–Kier alpha value is -3.12. The summed E-state index contributed by atoms with van der Waals surface area (Å²) >= 11 is 0. The third-order valence-electron chi connectivity index (χ3n) is 3.91. The van der Waals surface area contributed by atoms with Gasteiger partial charge in [0.25, 0.3) is 0 Å². The molecular weight excluding hydrogens is 316 g/mol. The summed E-state index contributed by atoms with van der Waals surface area (Å²) in [6.45, 7) is 1.06. The Morgan fingerprint density at radius 2 is 1.96 bits per heavy atom. The van der Waals surface area contributed by atoms with Crippen LogP contribution in [0, 0.1) is 0 Å². The molecule has 1 aliphatic rings. The molecule has 2 aromatic carbocycles. The average Bonchev–Trinajstić information content (AvgIpc) is 2.84. The van der Waals surface area contributed by atoms with E-state index in [4.69, 9.17) is 9.57 Å². The van der Waals surface area contributed by atoms with E-state index in [1.165, 1.54) is 0 Å². The van der Waals surface area contributed by atoms with Gasteiger partial charge in [-0.1, -0.05) is 18.2 Å². The highest BCUT2D eigenvalue weighted by Gasteiger charge is 2.15. The number of hydroxylamine groups is 1. The zero-order valence-electron chi connectivity index (χ0n) is 13.8. The molecule has 25 heavy (non-hydrogen) atoms. The summed E-state index contributed by atoms with van der Waals surface area (Å²) in [5.74, 6) is 1.36. The fourth-order valence-electron chi connectivity index (χ4n) is 2.67. The van der Waals surface area contributed by atoms with Crippen molar-refractivity contribution in [1.82, 2.24) is 9.97 Å².